The first kappa shape index (κ1) is 21.9. The van der Waals surface area contributed by atoms with E-state index in [-0.39, 0.29) is 5.92 Å². The molecule has 4 rings (SSSR count). The van der Waals surface area contributed by atoms with E-state index in [1.54, 1.807) is 0 Å². The van der Waals surface area contributed by atoms with E-state index in [2.05, 4.69) is 19.1 Å². The molecule has 0 N–H and O–H groups in total. The standard InChI is InChI=1S/C26H34F4/c1-2-3-4-5-17-6-11-22-20(14-17)7-8-21-15-18(9-12-23(21)22)19-10-13-24(25(27)16-19)26(28,29)30/h4-5,10,13,16-18,20-23H,2-3,6-9,11-12,14-15H2,1H3/b5-4+. The number of halogens is 4. The van der Waals surface area contributed by atoms with Crippen molar-refractivity contribution in [3.05, 3.63) is 47.3 Å². The second kappa shape index (κ2) is 9.04. The van der Waals surface area contributed by atoms with Gasteiger partial charge in [0.05, 0.1) is 5.56 Å². The molecule has 30 heavy (non-hydrogen) atoms. The van der Waals surface area contributed by atoms with Crippen molar-refractivity contribution in [2.45, 2.75) is 83.2 Å². The zero-order valence-corrected chi connectivity index (χ0v) is 17.9. The molecule has 4 heteroatoms. The number of unbranched alkanes of at least 4 members (excludes halogenated alkanes) is 1. The maximum absolute atomic E-state index is 14.1. The predicted octanol–water partition coefficient (Wildman–Crippen LogP) is 8.53. The van der Waals surface area contributed by atoms with Gasteiger partial charge < -0.3 is 0 Å². The molecule has 0 nitrogen and oxygen atoms in total. The molecule has 0 amide bonds. The van der Waals surface area contributed by atoms with Gasteiger partial charge in [-0.25, -0.2) is 4.39 Å². The molecule has 1 aromatic rings. The zero-order valence-electron chi connectivity index (χ0n) is 17.9. The largest absolute Gasteiger partial charge is 0.419 e. The molecule has 6 atom stereocenters. The summed E-state index contributed by atoms with van der Waals surface area (Å²) in [6.45, 7) is 2.22. The van der Waals surface area contributed by atoms with Crippen LogP contribution in [-0.4, -0.2) is 0 Å². The molecule has 0 aliphatic heterocycles. The average molecular weight is 423 g/mol. The number of benzene rings is 1. The minimum absolute atomic E-state index is 0.202. The van der Waals surface area contributed by atoms with Gasteiger partial charge in [-0.2, -0.15) is 13.2 Å². The smallest absolute Gasteiger partial charge is 0.206 e. The Morgan fingerprint density at radius 2 is 1.63 bits per heavy atom. The number of hydrogen-bond acceptors (Lipinski definition) is 0. The molecule has 3 fully saturated rings. The highest BCUT2D eigenvalue weighted by molar-refractivity contribution is 5.29. The van der Waals surface area contributed by atoms with E-state index < -0.39 is 17.6 Å². The normalized spacial score (nSPS) is 34.6. The third-order valence-electron chi connectivity index (χ3n) is 8.21. The molecule has 0 aromatic heterocycles. The van der Waals surface area contributed by atoms with Crippen molar-refractivity contribution in [3.63, 3.8) is 0 Å². The lowest BCUT2D eigenvalue weighted by molar-refractivity contribution is -0.140. The van der Waals surface area contributed by atoms with Crippen LogP contribution in [0.5, 0.6) is 0 Å². The van der Waals surface area contributed by atoms with Gasteiger partial charge in [0.2, 0.25) is 0 Å². The lowest BCUT2D eigenvalue weighted by atomic mass is 9.55. The van der Waals surface area contributed by atoms with E-state index in [4.69, 9.17) is 0 Å². The maximum Gasteiger partial charge on any atom is 0.419 e. The Hall–Kier alpha value is -1.32. The van der Waals surface area contributed by atoms with Gasteiger partial charge in [0.1, 0.15) is 5.82 Å². The fourth-order valence-electron chi connectivity index (χ4n) is 6.78. The molecule has 3 aliphatic carbocycles. The van der Waals surface area contributed by atoms with Crippen LogP contribution in [0.1, 0.15) is 88.2 Å². The molecule has 1 aromatic carbocycles. The Bertz CT molecular complexity index is 750. The summed E-state index contributed by atoms with van der Waals surface area (Å²) >= 11 is 0. The van der Waals surface area contributed by atoms with Crippen molar-refractivity contribution in [3.8, 4) is 0 Å². The van der Waals surface area contributed by atoms with E-state index in [9.17, 15) is 17.6 Å². The highest BCUT2D eigenvalue weighted by Gasteiger charge is 2.44. The first-order chi connectivity index (χ1) is 14.4. The Morgan fingerprint density at radius 3 is 2.30 bits per heavy atom. The highest BCUT2D eigenvalue weighted by atomic mass is 19.4. The van der Waals surface area contributed by atoms with Gasteiger partial charge in [-0.15, -0.1) is 0 Å². The first-order valence-corrected chi connectivity index (χ1v) is 11.9. The fraction of sp³-hybridized carbons (Fsp3) is 0.692. The molecule has 166 valence electrons. The van der Waals surface area contributed by atoms with Gasteiger partial charge in [0.15, 0.2) is 0 Å². The predicted molar refractivity (Wildman–Crippen MR) is 113 cm³/mol. The summed E-state index contributed by atoms with van der Waals surface area (Å²) in [5.41, 5.74) is -0.393. The second-order valence-corrected chi connectivity index (χ2v) is 9.96. The Balaban J connectivity index is 1.39. The van der Waals surface area contributed by atoms with Crippen LogP contribution in [0.3, 0.4) is 0 Å². The van der Waals surface area contributed by atoms with Crippen molar-refractivity contribution in [1.29, 1.82) is 0 Å². The van der Waals surface area contributed by atoms with Crippen molar-refractivity contribution in [2.75, 3.05) is 0 Å². The van der Waals surface area contributed by atoms with Crippen LogP contribution in [0.15, 0.2) is 30.4 Å². The van der Waals surface area contributed by atoms with Crippen LogP contribution in [0.2, 0.25) is 0 Å². The third kappa shape index (κ3) is 4.62. The fourth-order valence-corrected chi connectivity index (χ4v) is 6.78. The number of alkyl halides is 3. The van der Waals surface area contributed by atoms with Gasteiger partial charge in [-0.05, 0) is 111 Å². The van der Waals surface area contributed by atoms with Gasteiger partial charge >= 0.3 is 6.18 Å². The molecule has 0 spiro atoms. The van der Waals surface area contributed by atoms with Crippen LogP contribution in [0.25, 0.3) is 0 Å². The SMILES string of the molecule is CCC/C=C/C1CCC2C(CCC3CC(c4ccc(C(F)(F)F)c(F)c4)CCC32)C1. The van der Waals surface area contributed by atoms with E-state index in [1.807, 2.05) is 0 Å². The van der Waals surface area contributed by atoms with Gasteiger partial charge in [0.25, 0.3) is 0 Å². The van der Waals surface area contributed by atoms with Crippen LogP contribution in [0.4, 0.5) is 17.6 Å². The Labute approximate surface area is 178 Å². The zero-order chi connectivity index (χ0) is 21.3. The molecule has 6 unspecified atom stereocenters. The average Bonchev–Trinajstić information content (AvgIpc) is 2.72. The van der Waals surface area contributed by atoms with Gasteiger partial charge in [-0.1, -0.05) is 31.6 Å². The summed E-state index contributed by atoms with van der Waals surface area (Å²) in [5.74, 6) is 2.91. The van der Waals surface area contributed by atoms with E-state index in [1.165, 1.54) is 51.0 Å². The molecule has 3 aliphatic rings. The van der Waals surface area contributed by atoms with E-state index >= 15 is 0 Å². The quantitative estimate of drug-likeness (QED) is 0.337. The molecule has 0 saturated heterocycles. The molecule has 0 heterocycles. The molecular weight excluding hydrogens is 388 g/mol. The number of hydrogen-bond donors (Lipinski definition) is 0. The van der Waals surface area contributed by atoms with Crippen LogP contribution < -0.4 is 0 Å². The monoisotopic (exact) mass is 422 g/mol. The third-order valence-corrected chi connectivity index (χ3v) is 8.21. The summed E-state index contributed by atoms with van der Waals surface area (Å²) in [7, 11) is 0. The van der Waals surface area contributed by atoms with Crippen LogP contribution in [0, 0.1) is 35.4 Å². The van der Waals surface area contributed by atoms with Gasteiger partial charge in [0, 0.05) is 0 Å². The summed E-state index contributed by atoms with van der Waals surface area (Å²) in [6, 6.07) is 3.59. The molecule has 0 radical (unpaired) electrons. The minimum Gasteiger partial charge on any atom is -0.206 e. The Morgan fingerprint density at radius 1 is 0.933 bits per heavy atom. The highest BCUT2D eigenvalue weighted by Crippen LogP contribution is 2.55. The van der Waals surface area contributed by atoms with Gasteiger partial charge in [-0.3, -0.25) is 0 Å². The van der Waals surface area contributed by atoms with E-state index in [0.29, 0.717) is 5.92 Å². The topological polar surface area (TPSA) is 0 Å². The summed E-state index contributed by atoms with van der Waals surface area (Å²) in [4.78, 5) is 0. The van der Waals surface area contributed by atoms with Crippen molar-refractivity contribution in [1.82, 2.24) is 0 Å². The molecule has 3 saturated carbocycles. The second-order valence-electron chi connectivity index (χ2n) is 9.96. The number of rotatable bonds is 4. The first-order valence-electron chi connectivity index (χ1n) is 11.9. The van der Waals surface area contributed by atoms with Crippen LogP contribution >= 0.6 is 0 Å². The maximum atomic E-state index is 14.1. The minimum atomic E-state index is -4.62. The summed E-state index contributed by atoms with van der Waals surface area (Å²) in [6.07, 6.45) is 12.2. The van der Waals surface area contributed by atoms with Crippen molar-refractivity contribution < 1.29 is 17.6 Å². The summed E-state index contributed by atoms with van der Waals surface area (Å²) < 4.78 is 52.7. The molecular formula is C26H34F4. The number of fused-ring (bicyclic) bond motifs is 3. The lowest BCUT2D eigenvalue weighted by Gasteiger charge is -2.50. The molecule has 0 bridgehead atoms. The van der Waals surface area contributed by atoms with Crippen molar-refractivity contribution in [2.24, 2.45) is 29.6 Å². The van der Waals surface area contributed by atoms with Crippen LogP contribution in [-0.2, 0) is 6.18 Å². The summed E-state index contributed by atoms with van der Waals surface area (Å²) in [5, 5.41) is 0. The lowest BCUT2D eigenvalue weighted by Crippen LogP contribution is -2.41. The van der Waals surface area contributed by atoms with Crippen molar-refractivity contribution >= 4 is 0 Å². The Kier molecular flexibility index (Phi) is 6.60. The van der Waals surface area contributed by atoms with E-state index in [0.717, 1.165) is 60.6 Å². The number of allylic oxidation sites excluding steroid dienone is 2.